The van der Waals surface area contributed by atoms with Crippen LogP contribution in [0.25, 0.3) is 0 Å². The van der Waals surface area contributed by atoms with Crippen molar-refractivity contribution < 1.29 is 4.79 Å². The molecule has 1 aromatic carbocycles. The number of hydrogen-bond acceptors (Lipinski definition) is 3. The van der Waals surface area contributed by atoms with E-state index in [-0.39, 0.29) is 18.5 Å². The Balaban J connectivity index is 1.72. The summed E-state index contributed by atoms with van der Waals surface area (Å²) in [6.07, 6.45) is 7.31. The Hall–Kier alpha value is -1.39. The second-order valence-electron chi connectivity index (χ2n) is 6.62. The molecule has 1 aromatic rings. The molecule has 2 aliphatic carbocycles. The summed E-state index contributed by atoms with van der Waals surface area (Å²) in [5, 5.41) is 3.16. The van der Waals surface area contributed by atoms with E-state index in [0.717, 1.165) is 13.0 Å². The molecular formula is C18H27N3O. The second-order valence-corrected chi connectivity index (χ2v) is 6.62. The molecule has 3 rings (SSSR count). The Morgan fingerprint density at radius 3 is 2.55 bits per heavy atom. The van der Waals surface area contributed by atoms with E-state index >= 15 is 0 Å². The summed E-state index contributed by atoms with van der Waals surface area (Å²) >= 11 is 0. The van der Waals surface area contributed by atoms with Crippen molar-refractivity contribution in [3.8, 4) is 0 Å². The Morgan fingerprint density at radius 2 is 1.86 bits per heavy atom. The largest absolute Gasteiger partial charge is 0.351 e. The minimum absolute atomic E-state index is 0.0210. The van der Waals surface area contributed by atoms with Crippen molar-refractivity contribution in [2.45, 2.75) is 63.2 Å². The van der Waals surface area contributed by atoms with Crippen LogP contribution in [0.2, 0.25) is 0 Å². The number of amides is 1. The van der Waals surface area contributed by atoms with Crippen molar-refractivity contribution in [3.63, 3.8) is 0 Å². The summed E-state index contributed by atoms with van der Waals surface area (Å²) in [5.41, 5.74) is 6.85. The fourth-order valence-corrected chi connectivity index (χ4v) is 3.66. The predicted octanol–water partition coefficient (Wildman–Crippen LogP) is 2.04. The maximum atomic E-state index is 11.7. The van der Waals surface area contributed by atoms with Crippen LogP contribution in [0.4, 0.5) is 0 Å². The predicted molar refractivity (Wildman–Crippen MR) is 88.2 cm³/mol. The van der Waals surface area contributed by atoms with E-state index in [1.807, 2.05) is 0 Å². The smallest absolute Gasteiger partial charge is 0.234 e. The van der Waals surface area contributed by atoms with Gasteiger partial charge in [-0.3, -0.25) is 9.69 Å². The van der Waals surface area contributed by atoms with Crippen LogP contribution >= 0.6 is 0 Å². The fourth-order valence-electron chi connectivity index (χ4n) is 3.66. The first kappa shape index (κ1) is 15.5. The molecule has 2 fully saturated rings. The van der Waals surface area contributed by atoms with E-state index in [9.17, 15) is 4.79 Å². The first-order chi connectivity index (χ1) is 10.8. The molecule has 2 saturated carbocycles. The van der Waals surface area contributed by atoms with Crippen LogP contribution in [0.5, 0.6) is 0 Å². The third-order valence-electron chi connectivity index (χ3n) is 4.91. The Kier molecular flexibility index (Phi) is 5.11. The average Bonchev–Trinajstić information content (AvgIpc) is 3.39. The van der Waals surface area contributed by atoms with Gasteiger partial charge in [-0.15, -0.1) is 0 Å². The van der Waals surface area contributed by atoms with Crippen LogP contribution < -0.4 is 11.1 Å². The summed E-state index contributed by atoms with van der Waals surface area (Å²) in [5.74, 6) is -0.0210. The monoisotopic (exact) mass is 301 g/mol. The number of hydrogen-bond donors (Lipinski definition) is 2. The number of nitrogens with two attached hydrogens (primary N) is 1. The van der Waals surface area contributed by atoms with Gasteiger partial charge in [-0.1, -0.05) is 43.2 Å². The van der Waals surface area contributed by atoms with Gasteiger partial charge in [0.05, 0.1) is 6.54 Å². The van der Waals surface area contributed by atoms with Gasteiger partial charge in [0.2, 0.25) is 5.91 Å². The van der Waals surface area contributed by atoms with E-state index in [1.165, 1.54) is 37.7 Å². The molecule has 0 saturated heterocycles. The summed E-state index contributed by atoms with van der Waals surface area (Å²) < 4.78 is 0. The highest BCUT2D eigenvalue weighted by atomic mass is 16.1. The van der Waals surface area contributed by atoms with Gasteiger partial charge in [0, 0.05) is 24.7 Å². The molecule has 0 aromatic heterocycles. The molecule has 0 bridgehead atoms. The highest BCUT2D eigenvalue weighted by Crippen LogP contribution is 2.35. The Labute approximate surface area is 133 Å². The second kappa shape index (κ2) is 7.25. The van der Waals surface area contributed by atoms with Crippen molar-refractivity contribution in [2.24, 2.45) is 5.73 Å². The van der Waals surface area contributed by atoms with E-state index < -0.39 is 0 Å². The average molecular weight is 301 g/mol. The van der Waals surface area contributed by atoms with Crippen molar-refractivity contribution in [1.29, 1.82) is 0 Å². The zero-order valence-corrected chi connectivity index (χ0v) is 13.2. The topological polar surface area (TPSA) is 58.4 Å². The van der Waals surface area contributed by atoms with Crippen LogP contribution in [0.3, 0.4) is 0 Å². The van der Waals surface area contributed by atoms with Crippen LogP contribution in [-0.4, -0.2) is 35.5 Å². The maximum absolute atomic E-state index is 11.7. The van der Waals surface area contributed by atoms with Crippen molar-refractivity contribution >= 4 is 5.91 Å². The number of carbonyl (C=O) groups excluding carboxylic acids is 1. The zero-order valence-electron chi connectivity index (χ0n) is 13.2. The highest BCUT2D eigenvalue weighted by Gasteiger charge is 2.38. The van der Waals surface area contributed by atoms with Crippen LogP contribution in [-0.2, 0) is 11.3 Å². The lowest BCUT2D eigenvalue weighted by molar-refractivity contribution is -0.121. The van der Waals surface area contributed by atoms with Crippen LogP contribution in [0.15, 0.2) is 30.3 Å². The van der Waals surface area contributed by atoms with E-state index in [4.69, 9.17) is 5.73 Å². The lowest BCUT2D eigenvalue weighted by Crippen LogP contribution is -2.54. The van der Waals surface area contributed by atoms with Gasteiger partial charge < -0.3 is 11.1 Å². The lowest BCUT2D eigenvalue weighted by Gasteiger charge is -2.40. The first-order valence-electron chi connectivity index (χ1n) is 8.57. The highest BCUT2D eigenvalue weighted by molar-refractivity contribution is 5.78. The van der Waals surface area contributed by atoms with Gasteiger partial charge in [0.15, 0.2) is 0 Å². The Morgan fingerprint density at radius 1 is 1.14 bits per heavy atom. The van der Waals surface area contributed by atoms with Crippen molar-refractivity contribution in [3.05, 3.63) is 35.9 Å². The van der Waals surface area contributed by atoms with Crippen LogP contribution in [0, 0.1) is 0 Å². The minimum Gasteiger partial charge on any atom is -0.351 e. The lowest BCUT2D eigenvalue weighted by atomic mass is 9.88. The molecule has 0 radical (unpaired) electrons. The van der Waals surface area contributed by atoms with E-state index in [2.05, 4.69) is 40.5 Å². The zero-order chi connectivity index (χ0) is 15.4. The third-order valence-corrected chi connectivity index (χ3v) is 4.91. The molecule has 3 N–H and O–H groups in total. The molecular weight excluding hydrogens is 274 g/mol. The maximum Gasteiger partial charge on any atom is 0.234 e. The minimum atomic E-state index is -0.0210. The van der Waals surface area contributed by atoms with Crippen molar-refractivity contribution in [1.82, 2.24) is 10.2 Å². The van der Waals surface area contributed by atoms with E-state index in [0.29, 0.717) is 12.1 Å². The Bertz CT molecular complexity index is 486. The number of rotatable bonds is 6. The molecule has 4 nitrogen and oxygen atoms in total. The SMILES string of the molecule is NCC(=O)NC1CCCCC1N(Cc1ccccc1)C1CC1. The summed E-state index contributed by atoms with van der Waals surface area (Å²) in [6, 6.07) is 12.1. The van der Waals surface area contributed by atoms with E-state index in [1.54, 1.807) is 0 Å². The molecule has 0 aliphatic heterocycles. The molecule has 4 heteroatoms. The molecule has 1 amide bonds. The fraction of sp³-hybridized carbons (Fsp3) is 0.611. The summed E-state index contributed by atoms with van der Waals surface area (Å²) in [6.45, 7) is 1.08. The van der Waals surface area contributed by atoms with Gasteiger partial charge in [-0.25, -0.2) is 0 Å². The molecule has 120 valence electrons. The summed E-state index contributed by atoms with van der Waals surface area (Å²) in [4.78, 5) is 14.4. The number of benzene rings is 1. The normalized spacial score (nSPS) is 25.2. The molecule has 0 spiro atoms. The van der Waals surface area contributed by atoms with Crippen LogP contribution in [0.1, 0.15) is 44.1 Å². The van der Waals surface area contributed by atoms with Gasteiger partial charge in [0.1, 0.15) is 0 Å². The number of nitrogens with one attached hydrogen (secondary N) is 1. The molecule has 22 heavy (non-hydrogen) atoms. The molecule has 0 heterocycles. The van der Waals surface area contributed by atoms with Gasteiger partial charge in [0.25, 0.3) is 0 Å². The van der Waals surface area contributed by atoms with Crippen molar-refractivity contribution in [2.75, 3.05) is 6.54 Å². The van der Waals surface area contributed by atoms with Gasteiger partial charge >= 0.3 is 0 Å². The quantitative estimate of drug-likeness (QED) is 0.845. The first-order valence-corrected chi connectivity index (χ1v) is 8.57. The molecule has 2 atom stereocenters. The van der Waals surface area contributed by atoms with Gasteiger partial charge in [-0.05, 0) is 31.2 Å². The molecule has 2 aliphatic rings. The number of nitrogens with zero attached hydrogens (tertiary/aromatic N) is 1. The van der Waals surface area contributed by atoms with Gasteiger partial charge in [-0.2, -0.15) is 0 Å². The third kappa shape index (κ3) is 3.87. The molecule has 2 unspecified atom stereocenters. The number of carbonyl (C=O) groups is 1. The summed E-state index contributed by atoms with van der Waals surface area (Å²) in [7, 11) is 0. The standard InChI is InChI=1S/C18H27N3O/c19-12-18(22)20-16-8-4-5-9-17(16)21(15-10-11-15)13-14-6-2-1-3-7-14/h1-3,6-7,15-17H,4-5,8-13,19H2,(H,20,22).